The van der Waals surface area contributed by atoms with Gasteiger partial charge in [-0.25, -0.2) is 15.6 Å². The molecule has 0 saturated heterocycles. The van der Waals surface area contributed by atoms with Crippen molar-refractivity contribution in [3.63, 3.8) is 0 Å². The number of aromatic nitrogens is 1. The molecule has 0 unspecified atom stereocenters. The summed E-state index contributed by atoms with van der Waals surface area (Å²) >= 11 is 3.39. The van der Waals surface area contributed by atoms with Crippen LogP contribution in [-0.2, 0) is 6.61 Å². The predicted molar refractivity (Wildman–Crippen MR) is 90.3 cm³/mol. The lowest BCUT2D eigenvalue weighted by Crippen LogP contribution is -2.34. The van der Waals surface area contributed by atoms with E-state index in [0.717, 1.165) is 10.2 Å². The van der Waals surface area contributed by atoms with E-state index in [1.807, 2.05) is 18.4 Å². The smallest absolute Gasteiger partial charge is 0.333 e. The number of nitrogens with one attached hydrogen (secondary N) is 2. The van der Waals surface area contributed by atoms with Gasteiger partial charge in [0.2, 0.25) is 5.88 Å². The standard InChI is InChI=1S/C15H17BrN4O3/c1-9-11(16)6-7-14(18-9)23-8-10-12(19-15(21)20-17)4-3-5-13(10)22-2/h3-7H,8,17H2,1-2H3,(H2,19,20,21). The molecule has 1 aromatic heterocycles. The van der Waals surface area contributed by atoms with Gasteiger partial charge in [0.15, 0.2) is 0 Å². The number of methoxy groups -OCH3 is 1. The SMILES string of the molecule is COc1cccc(NC(=O)NN)c1COc1ccc(Br)c(C)n1. The molecule has 1 heterocycles. The van der Waals surface area contributed by atoms with Gasteiger partial charge in [-0.1, -0.05) is 6.07 Å². The van der Waals surface area contributed by atoms with Crippen LogP contribution < -0.4 is 26.1 Å². The maximum Gasteiger partial charge on any atom is 0.333 e. The maximum atomic E-state index is 11.4. The number of anilines is 1. The molecule has 122 valence electrons. The lowest BCUT2D eigenvalue weighted by molar-refractivity contribution is 0.252. The number of nitrogens with zero attached hydrogens (tertiary/aromatic N) is 1. The molecule has 0 aliphatic heterocycles. The second-order valence-electron chi connectivity index (χ2n) is 4.59. The Morgan fingerprint density at radius 2 is 2.13 bits per heavy atom. The fraction of sp³-hybridized carbons (Fsp3) is 0.200. The van der Waals surface area contributed by atoms with Crippen molar-refractivity contribution >= 4 is 27.6 Å². The van der Waals surface area contributed by atoms with Crippen molar-refractivity contribution in [2.24, 2.45) is 5.84 Å². The molecule has 0 saturated carbocycles. The average Bonchev–Trinajstić information content (AvgIpc) is 2.56. The quantitative estimate of drug-likeness (QED) is 0.420. The molecule has 7 nitrogen and oxygen atoms in total. The fourth-order valence-electron chi connectivity index (χ4n) is 1.93. The van der Waals surface area contributed by atoms with E-state index >= 15 is 0 Å². The Labute approximate surface area is 142 Å². The van der Waals surface area contributed by atoms with Gasteiger partial charge >= 0.3 is 6.03 Å². The van der Waals surface area contributed by atoms with Crippen molar-refractivity contribution in [3.8, 4) is 11.6 Å². The largest absolute Gasteiger partial charge is 0.496 e. The predicted octanol–water partition coefficient (Wildman–Crippen LogP) is 2.74. The van der Waals surface area contributed by atoms with Crippen molar-refractivity contribution in [3.05, 3.63) is 46.1 Å². The summed E-state index contributed by atoms with van der Waals surface area (Å²) in [4.78, 5) is 15.8. The molecule has 2 rings (SSSR count). The van der Waals surface area contributed by atoms with Gasteiger partial charge in [-0.15, -0.1) is 0 Å². The van der Waals surface area contributed by atoms with Crippen molar-refractivity contribution in [2.75, 3.05) is 12.4 Å². The molecule has 4 N–H and O–H groups in total. The Kier molecular flexibility index (Phi) is 5.78. The zero-order valence-corrected chi connectivity index (χ0v) is 14.3. The van der Waals surface area contributed by atoms with Crippen molar-refractivity contribution < 1.29 is 14.3 Å². The van der Waals surface area contributed by atoms with Gasteiger partial charge in [0, 0.05) is 10.5 Å². The molecular formula is C15H17BrN4O3. The molecule has 1 aromatic carbocycles. The van der Waals surface area contributed by atoms with E-state index in [0.29, 0.717) is 22.9 Å². The first-order valence-electron chi connectivity index (χ1n) is 6.74. The third kappa shape index (κ3) is 4.33. The molecule has 0 radical (unpaired) electrons. The Bertz CT molecular complexity index is 709. The lowest BCUT2D eigenvalue weighted by atomic mass is 10.1. The third-order valence-corrected chi connectivity index (χ3v) is 3.93. The summed E-state index contributed by atoms with van der Waals surface area (Å²) in [7, 11) is 1.55. The molecule has 0 spiro atoms. The number of carbonyl (C=O) groups excluding carboxylic acids is 1. The highest BCUT2D eigenvalue weighted by molar-refractivity contribution is 9.10. The van der Waals surface area contributed by atoms with Crippen LogP contribution in [0.5, 0.6) is 11.6 Å². The van der Waals surface area contributed by atoms with E-state index in [2.05, 4.69) is 26.2 Å². The van der Waals surface area contributed by atoms with Crippen LogP contribution in [0.1, 0.15) is 11.3 Å². The molecule has 0 aliphatic rings. The Morgan fingerprint density at radius 3 is 2.78 bits per heavy atom. The molecule has 2 aromatic rings. The number of benzene rings is 1. The number of pyridine rings is 1. The molecule has 0 fully saturated rings. The number of hydrogen-bond donors (Lipinski definition) is 3. The average molecular weight is 381 g/mol. The van der Waals surface area contributed by atoms with Gasteiger partial charge in [-0.05, 0) is 41.1 Å². The maximum absolute atomic E-state index is 11.4. The van der Waals surface area contributed by atoms with Crippen LogP contribution in [0, 0.1) is 6.92 Å². The van der Waals surface area contributed by atoms with Crippen molar-refractivity contribution in [2.45, 2.75) is 13.5 Å². The van der Waals surface area contributed by atoms with E-state index in [1.54, 1.807) is 31.4 Å². The van der Waals surface area contributed by atoms with E-state index in [9.17, 15) is 4.79 Å². The fourth-order valence-corrected chi connectivity index (χ4v) is 2.15. The van der Waals surface area contributed by atoms with Gasteiger partial charge < -0.3 is 14.8 Å². The summed E-state index contributed by atoms with van der Waals surface area (Å²) < 4.78 is 11.9. The van der Waals surface area contributed by atoms with Crippen molar-refractivity contribution in [1.29, 1.82) is 0 Å². The first kappa shape index (κ1) is 17.0. The summed E-state index contributed by atoms with van der Waals surface area (Å²) in [6.45, 7) is 2.05. The number of nitrogens with two attached hydrogens (primary N) is 1. The van der Waals surface area contributed by atoms with Gasteiger partial charge in [-0.2, -0.15) is 0 Å². The normalized spacial score (nSPS) is 10.1. The number of amides is 2. The van der Waals surface area contributed by atoms with E-state index in [-0.39, 0.29) is 6.61 Å². The van der Waals surface area contributed by atoms with E-state index in [1.165, 1.54) is 0 Å². The van der Waals surface area contributed by atoms with Gasteiger partial charge in [-0.3, -0.25) is 5.43 Å². The van der Waals surface area contributed by atoms with Crippen LogP contribution in [0.25, 0.3) is 0 Å². The molecule has 0 aliphatic carbocycles. The third-order valence-electron chi connectivity index (χ3n) is 3.09. The second-order valence-corrected chi connectivity index (χ2v) is 5.44. The first-order valence-corrected chi connectivity index (χ1v) is 7.54. The van der Waals surface area contributed by atoms with Crippen LogP contribution >= 0.6 is 15.9 Å². The minimum Gasteiger partial charge on any atom is -0.496 e. The number of carbonyl (C=O) groups is 1. The van der Waals surface area contributed by atoms with Gasteiger partial charge in [0.25, 0.3) is 0 Å². The summed E-state index contributed by atoms with van der Waals surface area (Å²) in [5.74, 6) is 6.17. The molecule has 0 atom stereocenters. The highest BCUT2D eigenvalue weighted by Gasteiger charge is 2.12. The highest BCUT2D eigenvalue weighted by atomic mass is 79.9. The van der Waals surface area contributed by atoms with Gasteiger partial charge in [0.1, 0.15) is 12.4 Å². The lowest BCUT2D eigenvalue weighted by Gasteiger charge is -2.15. The number of urea groups is 1. The van der Waals surface area contributed by atoms with Crippen LogP contribution in [0.2, 0.25) is 0 Å². The minimum atomic E-state index is -0.530. The first-order chi connectivity index (χ1) is 11.0. The zero-order chi connectivity index (χ0) is 16.8. The van der Waals surface area contributed by atoms with Gasteiger partial charge in [0.05, 0.1) is 24.1 Å². The number of rotatable bonds is 5. The van der Waals surface area contributed by atoms with Crippen molar-refractivity contribution in [1.82, 2.24) is 10.4 Å². The summed E-state index contributed by atoms with van der Waals surface area (Å²) in [5.41, 5.74) is 4.06. The topological polar surface area (TPSA) is 98.5 Å². The van der Waals surface area contributed by atoms with Crippen LogP contribution in [-0.4, -0.2) is 18.1 Å². The second kappa shape index (κ2) is 7.80. The van der Waals surface area contributed by atoms with Crippen LogP contribution in [0.3, 0.4) is 0 Å². The molecule has 0 bridgehead atoms. The number of ether oxygens (including phenoxy) is 2. The Balaban J connectivity index is 2.22. The minimum absolute atomic E-state index is 0.179. The van der Waals surface area contributed by atoms with E-state index in [4.69, 9.17) is 15.3 Å². The summed E-state index contributed by atoms with van der Waals surface area (Å²) in [6, 6.07) is 8.36. The Morgan fingerprint density at radius 1 is 1.35 bits per heavy atom. The zero-order valence-electron chi connectivity index (χ0n) is 12.7. The number of halogens is 1. The monoisotopic (exact) mass is 380 g/mol. The summed E-state index contributed by atoms with van der Waals surface area (Å²) in [5, 5.41) is 2.63. The van der Waals surface area contributed by atoms with E-state index < -0.39 is 6.03 Å². The molecular weight excluding hydrogens is 364 g/mol. The van der Waals surface area contributed by atoms with Crippen LogP contribution in [0.4, 0.5) is 10.5 Å². The molecule has 2 amide bonds. The molecule has 8 heteroatoms. The summed E-state index contributed by atoms with van der Waals surface area (Å²) in [6.07, 6.45) is 0. The Hall–Kier alpha value is -2.32. The number of hydrazine groups is 1. The highest BCUT2D eigenvalue weighted by Crippen LogP contribution is 2.28. The number of aryl methyl sites for hydroxylation is 1. The number of hydrogen-bond acceptors (Lipinski definition) is 5. The van der Waals surface area contributed by atoms with Crippen LogP contribution in [0.15, 0.2) is 34.8 Å². The molecule has 23 heavy (non-hydrogen) atoms.